The molecule has 0 radical (unpaired) electrons. The number of methoxy groups -OCH3 is 1. The molecular weight excluding hydrogens is 283 g/mol. The van der Waals surface area contributed by atoms with E-state index in [0.717, 1.165) is 25.8 Å². The van der Waals surface area contributed by atoms with E-state index in [0.29, 0.717) is 12.6 Å². The fraction of sp³-hybridized carbons (Fsp3) is 0.929. The van der Waals surface area contributed by atoms with Crippen molar-refractivity contribution in [3.05, 3.63) is 0 Å². The maximum absolute atomic E-state index is 12.1. The molecule has 2 N–H and O–H groups in total. The molecule has 0 atom stereocenters. The molecule has 0 heterocycles. The van der Waals surface area contributed by atoms with Crippen LogP contribution < -0.4 is 10.6 Å². The predicted molar refractivity (Wildman–Crippen MR) is 77.4 cm³/mol. The van der Waals surface area contributed by atoms with E-state index in [4.69, 9.17) is 4.74 Å². The smallest absolute Gasteiger partial charge is 0.385 e. The number of hydrogen-bond acceptors (Lipinski definition) is 2. The number of halogens is 3. The maximum Gasteiger partial charge on any atom is 0.390 e. The summed E-state index contributed by atoms with van der Waals surface area (Å²) >= 11 is 0. The Morgan fingerprint density at radius 1 is 1.24 bits per heavy atom. The van der Waals surface area contributed by atoms with Crippen molar-refractivity contribution in [1.82, 2.24) is 10.6 Å². The number of aliphatic imine (C=N–C) groups is 1. The van der Waals surface area contributed by atoms with Crippen molar-refractivity contribution >= 4 is 5.96 Å². The minimum atomic E-state index is -4.14. The monoisotopic (exact) mass is 309 g/mol. The number of hydrogen-bond donors (Lipinski definition) is 2. The predicted octanol–water partition coefficient (Wildman–Crippen LogP) is 2.70. The first-order chi connectivity index (χ1) is 9.91. The molecule has 0 aromatic rings. The van der Waals surface area contributed by atoms with Gasteiger partial charge in [-0.15, -0.1) is 0 Å². The molecule has 1 saturated carbocycles. The largest absolute Gasteiger partial charge is 0.390 e. The Kier molecular flexibility index (Phi) is 7.28. The molecule has 0 saturated heterocycles. The van der Waals surface area contributed by atoms with Gasteiger partial charge in [0.25, 0.3) is 0 Å². The molecule has 21 heavy (non-hydrogen) atoms. The molecule has 0 aliphatic heterocycles. The van der Waals surface area contributed by atoms with Gasteiger partial charge in [0.1, 0.15) is 0 Å². The van der Waals surface area contributed by atoms with Crippen LogP contribution in [0.2, 0.25) is 0 Å². The third kappa shape index (κ3) is 7.02. The average molecular weight is 309 g/mol. The molecule has 1 rings (SSSR count). The zero-order valence-electron chi connectivity index (χ0n) is 12.9. The second-order valence-corrected chi connectivity index (χ2v) is 5.67. The SMILES string of the molecule is CN=C(NCCC(F)(F)F)NCC1(CCOC)CCCC1. The van der Waals surface area contributed by atoms with Crippen molar-refractivity contribution in [1.29, 1.82) is 0 Å². The Morgan fingerprint density at radius 3 is 2.43 bits per heavy atom. The van der Waals surface area contributed by atoms with Crippen molar-refractivity contribution in [2.45, 2.75) is 44.7 Å². The van der Waals surface area contributed by atoms with Crippen LogP contribution in [0, 0.1) is 5.41 Å². The Hall–Kier alpha value is -0.980. The summed E-state index contributed by atoms with van der Waals surface area (Å²) in [6.45, 7) is 1.28. The first kappa shape index (κ1) is 18.1. The zero-order chi connectivity index (χ0) is 15.8. The second kappa shape index (κ2) is 8.46. The highest BCUT2D eigenvalue weighted by Gasteiger charge is 2.33. The van der Waals surface area contributed by atoms with Gasteiger partial charge >= 0.3 is 6.18 Å². The van der Waals surface area contributed by atoms with Gasteiger partial charge in [0.05, 0.1) is 6.42 Å². The number of guanidine groups is 1. The summed E-state index contributed by atoms with van der Waals surface area (Å²) in [6, 6.07) is 0. The Bertz CT molecular complexity index is 326. The molecule has 1 aliphatic carbocycles. The fourth-order valence-corrected chi connectivity index (χ4v) is 2.77. The Balaban J connectivity index is 2.38. The van der Waals surface area contributed by atoms with Crippen LogP contribution in [0.3, 0.4) is 0 Å². The summed E-state index contributed by atoms with van der Waals surface area (Å²) < 4.78 is 41.5. The van der Waals surface area contributed by atoms with Crippen LogP contribution in [0.25, 0.3) is 0 Å². The van der Waals surface area contributed by atoms with Crippen molar-refractivity contribution in [2.24, 2.45) is 10.4 Å². The molecule has 4 nitrogen and oxygen atoms in total. The highest BCUT2D eigenvalue weighted by molar-refractivity contribution is 5.79. The van der Waals surface area contributed by atoms with Gasteiger partial charge < -0.3 is 15.4 Å². The van der Waals surface area contributed by atoms with Crippen molar-refractivity contribution in [3.63, 3.8) is 0 Å². The molecule has 0 bridgehead atoms. The van der Waals surface area contributed by atoms with Crippen LogP contribution in [0.4, 0.5) is 13.2 Å². The lowest BCUT2D eigenvalue weighted by atomic mass is 9.83. The Labute approximate surface area is 124 Å². The van der Waals surface area contributed by atoms with E-state index in [1.807, 2.05) is 0 Å². The molecule has 0 unspecified atom stereocenters. The molecular formula is C14H26F3N3O. The summed E-state index contributed by atoms with van der Waals surface area (Å²) in [7, 11) is 3.26. The fourth-order valence-electron chi connectivity index (χ4n) is 2.77. The average Bonchev–Trinajstić information content (AvgIpc) is 2.88. The summed E-state index contributed by atoms with van der Waals surface area (Å²) in [4.78, 5) is 3.98. The number of nitrogens with one attached hydrogen (secondary N) is 2. The highest BCUT2D eigenvalue weighted by atomic mass is 19.4. The van der Waals surface area contributed by atoms with Crippen molar-refractivity contribution < 1.29 is 17.9 Å². The van der Waals surface area contributed by atoms with E-state index < -0.39 is 12.6 Å². The zero-order valence-corrected chi connectivity index (χ0v) is 12.9. The first-order valence-electron chi connectivity index (χ1n) is 7.41. The van der Waals surface area contributed by atoms with E-state index in [1.54, 1.807) is 14.2 Å². The van der Waals surface area contributed by atoms with E-state index in [1.165, 1.54) is 12.8 Å². The maximum atomic E-state index is 12.1. The molecule has 0 aromatic heterocycles. The number of alkyl halides is 3. The van der Waals surface area contributed by atoms with Gasteiger partial charge in [-0.2, -0.15) is 13.2 Å². The third-order valence-corrected chi connectivity index (χ3v) is 4.06. The summed E-state index contributed by atoms with van der Waals surface area (Å²) in [5, 5.41) is 5.87. The molecule has 0 spiro atoms. The second-order valence-electron chi connectivity index (χ2n) is 5.67. The topological polar surface area (TPSA) is 45.7 Å². The van der Waals surface area contributed by atoms with Gasteiger partial charge in [0.2, 0.25) is 0 Å². The minimum Gasteiger partial charge on any atom is -0.385 e. The van der Waals surface area contributed by atoms with Gasteiger partial charge in [-0.1, -0.05) is 12.8 Å². The van der Waals surface area contributed by atoms with Gasteiger partial charge in [0, 0.05) is 33.9 Å². The van der Waals surface area contributed by atoms with E-state index in [-0.39, 0.29) is 12.0 Å². The van der Waals surface area contributed by atoms with E-state index >= 15 is 0 Å². The quantitative estimate of drug-likeness (QED) is 0.561. The van der Waals surface area contributed by atoms with Crippen LogP contribution in [-0.2, 0) is 4.74 Å². The van der Waals surface area contributed by atoms with Crippen LogP contribution in [0.5, 0.6) is 0 Å². The molecule has 124 valence electrons. The van der Waals surface area contributed by atoms with Crippen LogP contribution in [0.1, 0.15) is 38.5 Å². The minimum absolute atomic E-state index is 0.158. The van der Waals surface area contributed by atoms with Gasteiger partial charge in [0.15, 0.2) is 5.96 Å². The standard InChI is InChI=1S/C14H26F3N3O/c1-18-12(19-9-7-14(15,16)17)20-11-13(8-10-21-2)5-3-4-6-13/h3-11H2,1-2H3,(H2,18,19,20). The van der Waals surface area contributed by atoms with Crippen LogP contribution in [0.15, 0.2) is 4.99 Å². The molecule has 0 aromatic carbocycles. The lowest BCUT2D eigenvalue weighted by molar-refractivity contribution is -0.132. The van der Waals surface area contributed by atoms with E-state index in [9.17, 15) is 13.2 Å². The first-order valence-corrected chi connectivity index (χ1v) is 7.41. The number of rotatable bonds is 7. The Morgan fingerprint density at radius 2 is 1.90 bits per heavy atom. The van der Waals surface area contributed by atoms with Gasteiger partial charge in [-0.05, 0) is 24.7 Å². The highest BCUT2D eigenvalue weighted by Crippen LogP contribution is 2.40. The van der Waals surface area contributed by atoms with Crippen LogP contribution >= 0.6 is 0 Å². The van der Waals surface area contributed by atoms with Crippen molar-refractivity contribution in [2.75, 3.05) is 33.9 Å². The summed E-state index contributed by atoms with van der Waals surface area (Å²) in [5.74, 6) is 0.433. The van der Waals surface area contributed by atoms with Crippen molar-refractivity contribution in [3.8, 4) is 0 Å². The number of ether oxygens (including phenoxy) is 1. The van der Waals surface area contributed by atoms with Gasteiger partial charge in [-0.25, -0.2) is 0 Å². The summed E-state index contributed by atoms with van der Waals surface area (Å²) in [6.07, 6.45) is 0.623. The normalized spacial score (nSPS) is 18.8. The molecule has 0 amide bonds. The molecule has 1 aliphatic rings. The number of nitrogens with zero attached hydrogens (tertiary/aromatic N) is 1. The summed E-state index contributed by atoms with van der Waals surface area (Å²) in [5.41, 5.74) is 0.178. The van der Waals surface area contributed by atoms with Crippen LogP contribution in [-0.4, -0.2) is 46.0 Å². The molecule has 7 heteroatoms. The van der Waals surface area contributed by atoms with Gasteiger partial charge in [-0.3, -0.25) is 4.99 Å². The lowest BCUT2D eigenvalue weighted by Gasteiger charge is -2.30. The van der Waals surface area contributed by atoms with E-state index in [2.05, 4.69) is 15.6 Å². The molecule has 1 fully saturated rings. The third-order valence-electron chi connectivity index (χ3n) is 4.06. The lowest BCUT2D eigenvalue weighted by Crippen LogP contribution is -2.44.